The van der Waals surface area contributed by atoms with Crippen LogP contribution in [0.25, 0.3) is 0 Å². The van der Waals surface area contributed by atoms with Crippen LogP contribution in [0, 0.1) is 5.92 Å². The lowest BCUT2D eigenvalue weighted by Gasteiger charge is -2.29. The molecule has 21 heavy (non-hydrogen) atoms. The van der Waals surface area contributed by atoms with Crippen molar-refractivity contribution >= 4 is 0 Å². The van der Waals surface area contributed by atoms with Crippen LogP contribution < -0.4 is 0 Å². The quantitative estimate of drug-likeness (QED) is 0.591. The summed E-state index contributed by atoms with van der Waals surface area (Å²) in [7, 11) is 0. The minimum absolute atomic E-state index is 0.344. The highest BCUT2D eigenvalue weighted by Crippen LogP contribution is 2.28. The zero-order chi connectivity index (χ0) is 15.9. The molecule has 0 aliphatic heterocycles. The summed E-state index contributed by atoms with van der Waals surface area (Å²) in [5.41, 5.74) is 3.84. The minimum atomic E-state index is -0.593. The molecule has 1 atom stereocenters. The van der Waals surface area contributed by atoms with Gasteiger partial charge in [0.1, 0.15) is 0 Å². The van der Waals surface area contributed by atoms with E-state index >= 15 is 0 Å². The van der Waals surface area contributed by atoms with Gasteiger partial charge in [0.2, 0.25) is 0 Å². The van der Waals surface area contributed by atoms with E-state index in [2.05, 4.69) is 39.0 Å². The molecular weight excluding hydrogens is 256 g/mol. The van der Waals surface area contributed by atoms with E-state index in [0.717, 1.165) is 38.5 Å². The molecule has 1 nitrogen and oxygen atoms in total. The van der Waals surface area contributed by atoms with Crippen LogP contribution in [0.5, 0.6) is 0 Å². The first-order valence-electron chi connectivity index (χ1n) is 8.48. The first-order valence-corrected chi connectivity index (χ1v) is 8.48. The minimum Gasteiger partial charge on any atom is -0.390 e. The molecular formula is C20H34O. The summed E-state index contributed by atoms with van der Waals surface area (Å²) < 4.78 is 0. The summed E-state index contributed by atoms with van der Waals surface area (Å²) >= 11 is 0. The van der Waals surface area contributed by atoms with E-state index in [4.69, 9.17) is 0 Å². The molecule has 0 aromatic heterocycles. The average molecular weight is 290 g/mol. The molecule has 1 rings (SSSR count). The largest absolute Gasteiger partial charge is 0.390 e. The zero-order valence-corrected chi connectivity index (χ0v) is 14.7. The van der Waals surface area contributed by atoms with Gasteiger partial charge in [0.15, 0.2) is 0 Å². The molecule has 0 bridgehead atoms. The molecule has 1 N–H and O–H groups in total. The lowest BCUT2D eigenvalue weighted by atomic mass is 9.83. The highest BCUT2D eigenvalue weighted by atomic mass is 16.3. The van der Waals surface area contributed by atoms with Gasteiger partial charge < -0.3 is 5.11 Å². The smallest absolute Gasteiger partial charge is 0.0622 e. The summed E-state index contributed by atoms with van der Waals surface area (Å²) in [6, 6.07) is 0. The Balaban J connectivity index is 2.83. The Bertz CT molecular complexity index is 404. The molecule has 0 saturated heterocycles. The highest BCUT2D eigenvalue weighted by Gasteiger charge is 2.25. The van der Waals surface area contributed by atoms with Crippen LogP contribution >= 0.6 is 0 Å². The van der Waals surface area contributed by atoms with E-state index in [0.29, 0.717) is 5.92 Å². The standard InChI is InChI=1S/C20H34O/c1-16-8-6-10-17(2)12-14-19(20(4,5)21)15-13-18(3)11-7-9-16/h8,11-12,19,21H,6-7,9-10,13-15H2,1-5H3/b16-8+,17-12+,18-11+. The van der Waals surface area contributed by atoms with Crippen molar-refractivity contribution in [1.29, 1.82) is 0 Å². The number of rotatable bonds is 1. The van der Waals surface area contributed by atoms with Gasteiger partial charge in [-0.1, -0.05) is 34.9 Å². The van der Waals surface area contributed by atoms with Gasteiger partial charge in [-0.15, -0.1) is 0 Å². The molecule has 0 amide bonds. The van der Waals surface area contributed by atoms with Gasteiger partial charge in [0.25, 0.3) is 0 Å². The fourth-order valence-electron chi connectivity index (χ4n) is 2.90. The molecule has 1 aliphatic carbocycles. The van der Waals surface area contributed by atoms with Crippen molar-refractivity contribution in [3.63, 3.8) is 0 Å². The van der Waals surface area contributed by atoms with Crippen molar-refractivity contribution in [2.24, 2.45) is 5.92 Å². The monoisotopic (exact) mass is 290 g/mol. The van der Waals surface area contributed by atoms with Crippen molar-refractivity contribution in [3.05, 3.63) is 34.9 Å². The Kier molecular flexibility index (Phi) is 7.45. The van der Waals surface area contributed by atoms with E-state index in [1.54, 1.807) is 0 Å². The van der Waals surface area contributed by atoms with E-state index < -0.39 is 5.60 Å². The van der Waals surface area contributed by atoms with Crippen LogP contribution in [0.2, 0.25) is 0 Å². The fourth-order valence-corrected chi connectivity index (χ4v) is 2.90. The molecule has 0 aromatic carbocycles. The summed E-state index contributed by atoms with van der Waals surface area (Å²) in [6.07, 6.45) is 14.9. The Morgan fingerprint density at radius 1 is 0.857 bits per heavy atom. The van der Waals surface area contributed by atoms with Gasteiger partial charge in [-0.3, -0.25) is 0 Å². The van der Waals surface area contributed by atoms with E-state index in [1.165, 1.54) is 23.1 Å². The molecule has 0 radical (unpaired) electrons. The maximum atomic E-state index is 10.4. The predicted molar refractivity (Wildman–Crippen MR) is 93.4 cm³/mol. The molecule has 0 heterocycles. The van der Waals surface area contributed by atoms with Crippen LogP contribution in [-0.2, 0) is 0 Å². The van der Waals surface area contributed by atoms with Crippen molar-refractivity contribution < 1.29 is 5.11 Å². The summed E-state index contributed by atoms with van der Waals surface area (Å²) in [5, 5.41) is 10.4. The zero-order valence-electron chi connectivity index (χ0n) is 14.7. The topological polar surface area (TPSA) is 20.2 Å². The summed E-state index contributed by atoms with van der Waals surface area (Å²) in [6.45, 7) is 10.6. The highest BCUT2D eigenvalue weighted by molar-refractivity contribution is 5.07. The Morgan fingerprint density at radius 3 is 1.86 bits per heavy atom. The van der Waals surface area contributed by atoms with Crippen LogP contribution in [-0.4, -0.2) is 10.7 Å². The fraction of sp³-hybridized carbons (Fsp3) is 0.700. The molecule has 0 spiro atoms. The van der Waals surface area contributed by atoms with E-state index in [9.17, 15) is 5.11 Å². The van der Waals surface area contributed by atoms with Crippen LogP contribution in [0.4, 0.5) is 0 Å². The molecule has 0 aromatic rings. The first kappa shape index (κ1) is 18.2. The van der Waals surface area contributed by atoms with Gasteiger partial charge in [-0.05, 0) is 85.5 Å². The Morgan fingerprint density at radius 2 is 1.33 bits per heavy atom. The maximum Gasteiger partial charge on any atom is 0.0622 e. The normalized spacial score (nSPS) is 31.1. The third kappa shape index (κ3) is 7.66. The molecule has 120 valence electrons. The van der Waals surface area contributed by atoms with Crippen LogP contribution in [0.15, 0.2) is 34.9 Å². The lowest BCUT2D eigenvalue weighted by Crippen LogP contribution is -2.30. The maximum absolute atomic E-state index is 10.4. The number of aliphatic hydroxyl groups is 1. The van der Waals surface area contributed by atoms with Crippen LogP contribution in [0.1, 0.15) is 79.6 Å². The molecule has 0 fully saturated rings. The van der Waals surface area contributed by atoms with Gasteiger partial charge in [0, 0.05) is 0 Å². The second-order valence-electron chi connectivity index (χ2n) is 7.35. The third-order valence-electron chi connectivity index (χ3n) is 4.70. The lowest BCUT2D eigenvalue weighted by molar-refractivity contribution is 0.0145. The van der Waals surface area contributed by atoms with Crippen molar-refractivity contribution in [1.82, 2.24) is 0 Å². The van der Waals surface area contributed by atoms with Gasteiger partial charge >= 0.3 is 0 Å². The van der Waals surface area contributed by atoms with Crippen molar-refractivity contribution in [2.45, 2.75) is 85.2 Å². The Labute approximate surface area is 131 Å². The molecule has 1 aliphatic rings. The van der Waals surface area contributed by atoms with Gasteiger partial charge in [-0.25, -0.2) is 0 Å². The van der Waals surface area contributed by atoms with E-state index in [-0.39, 0.29) is 0 Å². The van der Waals surface area contributed by atoms with E-state index in [1.807, 2.05) is 13.8 Å². The predicted octanol–water partition coefficient (Wildman–Crippen LogP) is 5.96. The average Bonchev–Trinajstić information content (AvgIpc) is 2.36. The van der Waals surface area contributed by atoms with Crippen LogP contribution in [0.3, 0.4) is 0 Å². The summed E-state index contributed by atoms with van der Waals surface area (Å²) in [5.74, 6) is 0.344. The molecule has 0 saturated carbocycles. The summed E-state index contributed by atoms with van der Waals surface area (Å²) in [4.78, 5) is 0. The number of hydrogen-bond acceptors (Lipinski definition) is 1. The number of allylic oxidation sites excluding steroid dienone is 6. The first-order chi connectivity index (χ1) is 9.79. The van der Waals surface area contributed by atoms with Crippen molar-refractivity contribution in [2.75, 3.05) is 0 Å². The number of hydrogen-bond donors (Lipinski definition) is 1. The molecule has 1 unspecified atom stereocenters. The SMILES string of the molecule is C/C1=C\CC/C(C)=C/CC(C(C)(C)O)CC/C(C)=C/CC1. The van der Waals surface area contributed by atoms with Gasteiger partial charge in [0.05, 0.1) is 5.60 Å². The van der Waals surface area contributed by atoms with Gasteiger partial charge in [-0.2, -0.15) is 0 Å². The third-order valence-corrected chi connectivity index (χ3v) is 4.70. The second kappa shape index (κ2) is 8.58. The second-order valence-corrected chi connectivity index (χ2v) is 7.35. The Hall–Kier alpha value is -0.820. The molecule has 1 heteroatoms. The van der Waals surface area contributed by atoms with Crippen molar-refractivity contribution in [3.8, 4) is 0 Å².